The maximum absolute atomic E-state index is 12.8. The quantitative estimate of drug-likeness (QED) is 0.305. The van der Waals surface area contributed by atoms with Crippen LogP contribution in [0.5, 0.6) is 5.75 Å². The lowest BCUT2D eigenvalue weighted by molar-refractivity contribution is -0.122. The molecule has 0 bridgehead atoms. The van der Waals surface area contributed by atoms with E-state index in [1.807, 2.05) is 24.3 Å². The van der Waals surface area contributed by atoms with Gasteiger partial charge in [0.1, 0.15) is 5.75 Å². The van der Waals surface area contributed by atoms with E-state index in [2.05, 4.69) is 10.0 Å². The summed E-state index contributed by atoms with van der Waals surface area (Å²) in [6.45, 7) is 0.243. The summed E-state index contributed by atoms with van der Waals surface area (Å²) in [7, 11) is 1.59. The second-order valence-corrected chi connectivity index (χ2v) is 7.51. The fraction of sp³-hybridized carbons (Fsp3) is 0.364. The number of aliphatic hydroxyl groups is 1. The van der Waals surface area contributed by atoms with E-state index in [9.17, 15) is 14.7 Å². The summed E-state index contributed by atoms with van der Waals surface area (Å²) < 4.78 is 16.6. The number of aliphatic hydroxyl groups excluding tert-OH is 1. The first-order valence-electron chi connectivity index (χ1n) is 10.1. The molecular formula is C22H22N4O6. The molecule has 10 nitrogen and oxygen atoms in total. The first kappa shape index (κ1) is 21.8. The highest BCUT2D eigenvalue weighted by molar-refractivity contribution is 6.21. The number of carbonyl (C=O) groups excluding carboxylic acids is 2. The number of fused-ring (bicyclic) bond motifs is 1. The Labute approximate surface area is 183 Å². The summed E-state index contributed by atoms with van der Waals surface area (Å²) in [5.74, 6) is -0.283. The normalized spacial score (nSPS) is 24.8. The van der Waals surface area contributed by atoms with Crippen molar-refractivity contribution in [1.82, 2.24) is 4.90 Å². The topological polar surface area (TPSA) is 134 Å². The van der Waals surface area contributed by atoms with E-state index >= 15 is 0 Å². The van der Waals surface area contributed by atoms with Crippen molar-refractivity contribution in [3.05, 3.63) is 75.7 Å². The smallest absolute Gasteiger partial charge is 0.261 e. The Morgan fingerprint density at radius 1 is 1.16 bits per heavy atom. The average Bonchev–Trinajstić information content (AvgIpc) is 3.07. The summed E-state index contributed by atoms with van der Waals surface area (Å²) in [5, 5.41) is 14.6. The van der Waals surface area contributed by atoms with Crippen molar-refractivity contribution in [2.24, 2.45) is 5.11 Å². The molecule has 2 aliphatic rings. The molecule has 0 unspecified atom stereocenters. The SMILES string of the molecule is COc1ccc(COC[C@H]2OC[C@H](N3C(=O)c4ccccc4C3=O)[C@@H](O)[C@H]2N=[N+]=[N-])cc1. The third-order valence-electron chi connectivity index (χ3n) is 5.66. The van der Waals surface area contributed by atoms with Crippen LogP contribution in [0.15, 0.2) is 53.6 Å². The van der Waals surface area contributed by atoms with Crippen molar-refractivity contribution in [1.29, 1.82) is 0 Å². The molecule has 0 aromatic heterocycles. The van der Waals surface area contributed by atoms with Gasteiger partial charge in [0.2, 0.25) is 0 Å². The summed E-state index contributed by atoms with van der Waals surface area (Å²) in [6.07, 6.45) is -2.03. The molecule has 2 amide bonds. The molecule has 2 heterocycles. The maximum atomic E-state index is 12.8. The van der Waals surface area contributed by atoms with E-state index in [1.54, 1.807) is 31.4 Å². The van der Waals surface area contributed by atoms with Crippen molar-refractivity contribution in [2.75, 3.05) is 20.3 Å². The number of rotatable bonds is 7. The van der Waals surface area contributed by atoms with E-state index in [1.165, 1.54) is 0 Å². The summed E-state index contributed by atoms with van der Waals surface area (Å²) >= 11 is 0. The van der Waals surface area contributed by atoms with Crippen LogP contribution in [0.1, 0.15) is 26.3 Å². The minimum Gasteiger partial charge on any atom is -0.497 e. The van der Waals surface area contributed by atoms with Crippen molar-refractivity contribution < 1.29 is 28.9 Å². The lowest BCUT2D eigenvalue weighted by Gasteiger charge is -2.41. The monoisotopic (exact) mass is 438 g/mol. The van der Waals surface area contributed by atoms with Gasteiger partial charge in [0.25, 0.3) is 11.8 Å². The van der Waals surface area contributed by atoms with Crippen LogP contribution >= 0.6 is 0 Å². The molecule has 2 aliphatic heterocycles. The molecule has 0 aliphatic carbocycles. The minimum atomic E-state index is -1.29. The van der Waals surface area contributed by atoms with E-state index in [4.69, 9.17) is 19.7 Å². The molecule has 0 radical (unpaired) electrons. The molecule has 10 heteroatoms. The van der Waals surface area contributed by atoms with Crippen LogP contribution in [0.2, 0.25) is 0 Å². The van der Waals surface area contributed by atoms with Crippen LogP contribution in [-0.2, 0) is 16.1 Å². The Morgan fingerprint density at radius 2 is 1.81 bits per heavy atom. The predicted octanol–water partition coefficient (Wildman–Crippen LogP) is 2.32. The molecule has 1 N–H and O–H groups in total. The lowest BCUT2D eigenvalue weighted by atomic mass is 9.95. The van der Waals surface area contributed by atoms with Crippen LogP contribution in [0.4, 0.5) is 0 Å². The highest BCUT2D eigenvalue weighted by Crippen LogP contribution is 2.30. The number of benzene rings is 2. The molecule has 0 saturated carbocycles. The standard InChI is InChI=1S/C22H22N4O6/c1-30-14-8-6-13(7-9-14)10-31-12-18-19(24-25-23)20(27)17(11-32-18)26-21(28)15-4-2-3-5-16(15)22(26)29/h2-9,17-20,27H,10-12H2,1H3/t17-,18+,19-,20+/m0/s1. The summed E-state index contributed by atoms with van der Waals surface area (Å²) in [6, 6.07) is 11.8. The van der Waals surface area contributed by atoms with E-state index in [-0.39, 0.29) is 30.9 Å². The molecule has 1 saturated heterocycles. The summed E-state index contributed by atoms with van der Waals surface area (Å²) in [4.78, 5) is 29.3. The Kier molecular flexibility index (Phi) is 6.38. The number of amides is 2. The second-order valence-electron chi connectivity index (χ2n) is 7.51. The van der Waals surface area contributed by atoms with Crippen molar-refractivity contribution in [3.8, 4) is 5.75 Å². The van der Waals surface area contributed by atoms with Crippen LogP contribution in [-0.4, -0.2) is 66.4 Å². The number of hydrogen-bond donors (Lipinski definition) is 1. The number of nitrogens with zero attached hydrogens (tertiary/aromatic N) is 4. The highest BCUT2D eigenvalue weighted by atomic mass is 16.5. The van der Waals surface area contributed by atoms with Gasteiger partial charge in [-0.25, -0.2) is 0 Å². The third-order valence-corrected chi connectivity index (χ3v) is 5.66. The average molecular weight is 438 g/mol. The number of ether oxygens (including phenoxy) is 3. The Morgan fingerprint density at radius 3 is 2.41 bits per heavy atom. The Bertz CT molecular complexity index is 1020. The molecular weight excluding hydrogens is 416 g/mol. The van der Waals surface area contributed by atoms with Gasteiger partial charge in [0, 0.05) is 4.91 Å². The minimum absolute atomic E-state index is 0.0572. The molecule has 4 atom stereocenters. The van der Waals surface area contributed by atoms with Crippen LogP contribution in [0.25, 0.3) is 10.4 Å². The zero-order valence-electron chi connectivity index (χ0n) is 17.3. The van der Waals surface area contributed by atoms with E-state index in [0.717, 1.165) is 16.2 Å². The number of azide groups is 1. The van der Waals surface area contributed by atoms with Crippen LogP contribution in [0.3, 0.4) is 0 Å². The van der Waals surface area contributed by atoms with Gasteiger partial charge in [-0.05, 0) is 35.4 Å². The highest BCUT2D eigenvalue weighted by Gasteiger charge is 2.48. The molecule has 1 fully saturated rings. The maximum Gasteiger partial charge on any atom is 0.261 e. The third kappa shape index (κ3) is 4.04. The molecule has 2 aromatic carbocycles. The van der Waals surface area contributed by atoms with Gasteiger partial charge in [-0.15, -0.1) is 0 Å². The summed E-state index contributed by atoms with van der Waals surface area (Å²) in [5.41, 5.74) is 10.5. The zero-order valence-corrected chi connectivity index (χ0v) is 17.3. The van der Waals surface area contributed by atoms with Crippen molar-refractivity contribution in [3.63, 3.8) is 0 Å². The van der Waals surface area contributed by atoms with Gasteiger partial charge in [-0.2, -0.15) is 0 Å². The largest absolute Gasteiger partial charge is 0.497 e. The van der Waals surface area contributed by atoms with Gasteiger partial charge in [-0.1, -0.05) is 29.4 Å². The van der Waals surface area contributed by atoms with Gasteiger partial charge in [0.05, 0.1) is 62.3 Å². The molecule has 2 aromatic rings. The molecule has 0 spiro atoms. The van der Waals surface area contributed by atoms with E-state index < -0.39 is 36.1 Å². The first-order valence-corrected chi connectivity index (χ1v) is 10.1. The number of carbonyl (C=O) groups is 2. The van der Waals surface area contributed by atoms with Crippen LogP contribution in [0, 0.1) is 0 Å². The van der Waals surface area contributed by atoms with Crippen molar-refractivity contribution in [2.45, 2.75) is 30.9 Å². The van der Waals surface area contributed by atoms with Gasteiger partial charge < -0.3 is 19.3 Å². The zero-order chi connectivity index (χ0) is 22.7. The van der Waals surface area contributed by atoms with Gasteiger partial charge in [-0.3, -0.25) is 14.5 Å². The number of methoxy groups -OCH3 is 1. The Hall–Kier alpha value is -3.43. The molecule has 166 valence electrons. The van der Waals surface area contributed by atoms with Crippen LogP contribution < -0.4 is 4.74 Å². The van der Waals surface area contributed by atoms with Gasteiger partial charge in [0.15, 0.2) is 0 Å². The van der Waals surface area contributed by atoms with Gasteiger partial charge >= 0.3 is 0 Å². The lowest BCUT2D eigenvalue weighted by Crippen LogP contribution is -2.60. The van der Waals surface area contributed by atoms with Crippen molar-refractivity contribution >= 4 is 11.8 Å². The molecule has 4 rings (SSSR count). The Balaban J connectivity index is 1.43. The number of imide groups is 1. The first-order chi connectivity index (χ1) is 15.5. The second kappa shape index (κ2) is 9.37. The van der Waals surface area contributed by atoms with E-state index in [0.29, 0.717) is 0 Å². The fourth-order valence-electron chi connectivity index (χ4n) is 3.97. The fourth-order valence-corrected chi connectivity index (χ4v) is 3.97. The molecule has 32 heavy (non-hydrogen) atoms. The number of hydrogen-bond acceptors (Lipinski definition) is 7. The predicted molar refractivity (Wildman–Crippen MR) is 112 cm³/mol.